The Labute approximate surface area is 189 Å². The number of ether oxygens (including phenoxy) is 2. The summed E-state index contributed by atoms with van der Waals surface area (Å²) in [6.07, 6.45) is -3.09. The first-order valence-electron chi connectivity index (χ1n) is 7.68. The van der Waals surface area contributed by atoms with Crippen molar-refractivity contribution in [2.75, 3.05) is 6.79 Å². The van der Waals surface area contributed by atoms with Crippen molar-refractivity contribution in [3.05, 3.63) is 17.2 Å². The van der Waals surface area contributed by atoms with Gasteiger partial charge < -0.3 is 38.9 Å². The van der Waals surface area contributed by atoms with Crippen LogP contribution in [0.5, 0.6) is 17.2 Å². The summed E-state index contributed by atoms with van der Waals surface area (Å²) in [4.78, 5) is 24.2. The summed E-state index contributed by atoms with van der Waals surface area (Å²) in [6, 6.07) is 0.853. The number of aliphatic hydroxyl groups excluding tert-OH is 1. The molecule has 1 amide bonds. The summed E-state index contributed by atoms with van der Waals surface area (Å²) < 4.78 is 31.9. The Morgan fingerprint density at radius 2 is 2.00 bits per heavy atom. The number of hydrogen-bond acceptors (Lipinski definition) is 9. The molecule has 134 valence electrons. The first-order chi connectivity index (χ1) is 11.9. The van der Waals surface area contributed by atoms with Gasteiger partial charge in [0.25, 0.3) is 13.7 Å². The Morgan fingerprint density at radius 1 is 1.27 bits per heavy atom. The van der Waals surface area contributed by atoms with Gasteiger partial charge in [-0.25, -0.2) is 0 Å². The van der Waals surface area contributed by atoms with Gasteiger partial charge in [-0.05, 0) is 18.1 Å². The van der Waals surface area contributed by atoms with Crippen LogP contribution >= 0.6 is 7.82 Å². The van der Waals surface area contributed by atoms with Crippen LogP contribution in [0.2, 0.25) is 0 Å². The molecule has 1 unspecified atom stereocenters. The Balaban J connectivity index is 0.00000168. The summed E-state index contributed by atoms with van der Waals surface area (Å²) in [5, 5.41) is 23.3. The molecule has 1 aliphatic carbocycles. The number of benzene rings is 1. The second kappa shape index (κ2) is 6.41. The maximum atomic E-state index is 12.5. The summed E-state index contributed by atoms with van der Waals surface area (Å²) in [6.45, 7) is -0.0782. The third-order valence-electron chi connectivity index (χ3n) is 5.08. The maximum Gasteiger partial charge on any atom is 1.00 e. The van der Waals surface area contributed by atoms with Crippen LogP contribution in [0.3, 0.4) is 0 Å². The number of carbonyl (C=O) groups excluding carboxylic acids is 1. The van der Waals surface area contributed by atoms with E-state index in [1.165, 1.54) is 0 Å². The molecule has 0 radical (unpaired) electrons. The number of phenols is 1. The fraction of sp³-hybridized carbons (Fsp3) is 0.500. The first-order valence-corrected chi connectivity index (χ1v) is 9.14. The number of phenolic OH excluding ortho intramolecular Hbond substituents is 1. The zero-order valence-electron chi connectivity index (χ0n) is 13.6. The molecule has 6 atom stereocenters. The molecular formula is C14H13KNO9P. The number of hydrogen-bond donors (Lipinski definition) is 3. The second-order valence-corrected chi connectivity index (χ2v) is 7.74. The molecule has 3 aliphatic heterocycles. The van der Waals surface area contributed by atoms with Gasteiger partial charge in [-0.3, -0.25) is 9.36 Å². The van der Waals surface area contributed by atoms with Crippen LogP contribution in [0, 0.1) is 0 Å². The van der Waals surface area contributed by atoms with Gasteiger partial charge in [-0.15, -0.1) is 0 Å². The number of phosphoric acid groups is 1. The van der Waals surface area contributed by atoms with Gasteiger partial charge in [0.05, 0.1) is 17.7 Å². The van der Waals surface area contributed by atoms with Crippen molar-refractivity contribution in [1.29, 1.82) is 0 Å². The summed E-state index contributed by atoms with van der Waals surface area (Å²) in [5.74, 6) is -1.02. The molecule has 1 saturated heterocycles. The Morgan fingerprint density at radius 3 is 2.77 bits per heavy atom. The molecule has 2 fully saturated rings. The van der Waals surface area contributed by atoms with Crippen molar-refractivity contribution in [3.63, 3.8) is 0 Å². The maximum absolute atomic E-state index is 12.5. The Bertz CT molecular complexity index is 848. The third kappa shape index (κ3) is 2.69. The van der Waals surface area contributed by atoms with Crippen LogP contribution in [0.1, 0.15) is 28.3 Å². The fourth-order valence-electron chi connectivity index (χ4n) is 4.07. The molecule has 0 bridgehead atoms. The Kier molecular flexibility index (Phi) is 4.72. The third-order valence-corrected chi connectivity index (χ3v) is 6.08. The van der Waals surface area contributed by atoms with E-state index in [2.05, 4.69) is 5.32 Å². The molecule has 12 heteroatoms. The molecule has 3 heterocycles. The van der Waals surface area contributed by atoms with E-state index >= 15 is 0 Å². The minimum Gasteiger partial charge on any atom is -0.756 e. The zero-order chi connectivity index (χ0) is 17.5. The minimum absolute atomic E-state index is 0. The standard InChI is InChI=1S/C14H14NO9P.K/c16-6-1-5-4-2-7-12(22-3-21-7)10(17)8(4)14(18)15-9(5)13-11(6)23-25(19,20)24-13;/h2,5-6,9,11,13,16-17H,1,3H2,(H,15,18)(H,19,20);/q;+1/p-1/t5-,6+,9-,11-,13+;/m1./s1. The van der Waals surface area contributed by atoms with E-state index in [4.69, 9.17) is 18.5 Å². The molecule has 10 nitrogen and oxygen atoms in total. The quantitative estimate of drug-likeness (QED) is 0.291. The Hall–Kier alpha value is -0.204. The van der Waals surface area contributed by atoms with E-state index in [-0.39, 0.29) is 81.7 Å². The van der Waals surface area contributed by atoms with E-state index in [0.717, 1.165) is 0 Å². The van der Waals surface area contributed by atoms with Gasteiger partial charge in [0.15, 0.2) is 11.5 Å². The average Bonchev–Trinajstić information content (AvgIpc) is 3.12. The van der Waals surface area contributed by atoms with Crippen molar-refractivity contribution in [2.24, 2.45) is 0 Å². The first kappa shape index (κ1) is 19.1. The SMILES string of the molecule is O=C1N[C@H]2[C@@H]3OP(=O)([O-])O[C@@H]3[C@@H](O)C[C@@H]2c2cc3c(c(O)c21)OCO3.[K+]. The van der Waals surface area contributed by atoms with Gasteiger partial charge in [-0.2, -0.15) is 0 Å². The van der Waals surface area contributed by atoms with Gasteiger partial charge in [0.1, 0.15) is 12.2 Å². The molecule has 5 rings (SSSR count). The van der Waals surface area contributed by atoms with Crippen molar-refractivity contribution in [2.45, 2.75) is 36.7 Å². The number of aliphatic hydroxyl groups is 1. The minimum atomic E-state index is -4.53. The van der Waals surface area contributed by atoms with Gasteiger partial charge in [-0.1, -0.05) is 0 Å². The van der Waals surface area contributed by atoms with E-state index in [1.54, 1.807) is 6.07 Å². The molecular weight excluding hydrogens is 396 g/mol. The van der Waals surface area contributed by atoms with Crippen LogP contribution in [0.15, 0.2) is 6.07 Å². The van der Waals surface area contributed by atoms with Crippen molar-refractivity contribution in [1.82, 2.24) is 5.32 Å². The normalized spacial score (nSPS) is 39.3. The number of nitrogens with one attached hydrogen (secondary N) is 1. The molecule has 4 aliphatic rings. The van der Waals surface area contributed by atoms with E-state index in [0.29, 0.717) is 11.3 Å². The topological polar surface area (TPSA) is 147 Å². The van der Waals surface area contributed by atoms with Gasteiger partial charge in [0, 0.05) is 5.92 Å². The number of amides is 1. The number of phosphoric ester groups is 1. The zero-order valence-corrected chi connectivity index (χ0v) is 17.6. The molecule has 1 saturated carbocycles. The van der Waals surface area contributed by atoms with Crippen molar-refractivity contribution in [3.8, 4) is 17.2 Å². The van der Waals surface area contributed by atoms with Crippen molar-refractivity contribution < 1.29 is 94.4 Å². The summed E-state index contributed by atoms with van der Waals surface area (Å²) in [7, 11) is -4.53. The number of fused-ring (bicyclic) bond motifs is 6. The largest absolute Gasteiger partial charge is 1.00 e. The smallest absolute Gasteiger partial charge is 0.756 e. The predicted molar refractivity (Wildman–Crippen MR) is 76.2 cm³/mol. The monoisotopic (exact) mass is 409 g/mol. The predicted octanol–water partition coefficient (Wildman–Crippen LogP) is -3.66. The van der Waals surface area contributed by atoms with Gasteiger partial charge in [0.2, 0.25) is 12.5 Å². The van der Waals surface area contributed by atoms with E-state index in [1.807, 2.05) is 0 Å². The van der Waals surface area contributed by atoms with Crippen LogP contribution in [-0.4, -0.2) is 47.3 Å². The van der Waals surface area contributed by atoms with E-state index in [9.17, 15) is 24.5 Å². The summed E-state index contributed by atoms with van der Waals surface area (Å²) in [5.41, 5.74) is 0.476. The molecule has 3 N–H and O–H groups in total. The summed E-state index contributed by atoms with van der Waals surface area (Å²) >= 11 is 0. The molecule has 1 aromatic rings. The van der Waals surface area contributed by atoms with Gasteiger partial charge >= 0.3 is 51.4 Å². The molecule has 1 aromatic carbocycles. The molecule has 0 aromatic heterocycles. The van der Waals surface area contributed by atoms with Crippen LogP contribution in [0.4, 0.5) is 0 Å². The van der Waals surface area contributed by atoms with Crippen LogP contribution in [-0.2, 0) is 13.6 Å². The van der Waals surface area contributed by atoms with E-state index < -0.39 is 44.0 Å². The van der Waals surface area contributed by atoms with Crippen LogP contribution < -0.4 is 71.1 Å². The van der Waals surface area contributed by atoms with Crippen LogP contribution in [0.25, 0.3) is 0 Å². The van der Waals surface area contributed by atoms with Crippen molar-refractivity contribution >= 4 is 13.7 Å². The number of aromatic hydroxyl groups is 1. The fourth-order valence-corrected chi connectivity index (χ4v) is 5.23. The molecule has 26 heavy (non-hydrogen) atoms. The average molecular weight is 409 g/mol. The number of carbonyl (C=O) groups is 1. The second-order valence-electron chi connectivity index (χ2n) is 6.42. The number of rotatable bonds is 0. The molecule has 0 spiro atoms.